The number of amidine groups is 1. The lowest BCUT2D eigenvalue weighted by Gasteiger charge is -2.23. The van der Waals surface area contributed by atoms with E-state index in [4.69, 9.17) is 0 Å². The van der Waals surface area contributed by atoms with Crippen LogP contribution in [0, 0.1) is 17.7 Å². The molecule has 0 radical (unpaired) electrons. The third-order valence-electron chi connectivity index (χ3n) is 6.13. The fraction of sp³-hybridized carbons (Fsp3) is 0.167. The number of rotatable bonds is 6. The van der Waals surface area contributed by atoms with Crippen molar-refractivity contribution in [3.05, 3.63) is 113 Å². The van der Waals surface area contributed by atoms with Gasteiger partial charge in [0.25, 0.3) is 11.8 Å². The molecule has 5 rings (SSSR count). The molecular weight excluding hydrogens is 481 g/mol. The molecule has 0 aliphatic carbocycles. The quantitative estimate of drug-likeness (QED) is 0.343. The minimum atomic E-state index is -0.497. The number of carbonyl (C=O) groups is 2. The van der Waals surface area contributed by atoms with Gasteiger partial charge in [-0.3, -0.25) is 14.5 Å². The van der Waals surface area contributed by atoms with Gasteiger partial charge in [0.05, 0.1) is 23.2 Å². The molecule has 38 heavy (non-hydrogen) atoms. The Kier molecular flexibility index (Phi) is 7.18. The summed E-state index contributed by atoms with van der Waals surface area (Å²) in [6.07, 6.45) is 2.17. The summed E-state index contributed by atoms with van der Waals surface area (Å²) in [4.78, 5) is 31.6. The molecule has 0 aromatic heterocycles. The first-order valence-corrected chi connectivity index (χ1v) is 12.4. The zero-order valence-electron chi connectivity index (χ0n) is 20.8. The third kappa shape index (κ3) is 5.27. The summed E-state index contributed by atoms with van der Waals surface area (Å²) in [5, 5.41) is 9.61. The van der Waals surface area contributed by atoms with Crippen molar-refractivity contribution in [3.63, 3.8) is 0 Å². The van der Waals surface area contributed by atoms with E-state index >= 15 is 0 Å². The highest BCUT2D eigenvalue weighted by atomic mass is 19.1. The highest BCUT2D eigenvalue weighted by Crippen LogP contribution is 2.25. The van der Waals surface area contributed by atoms with Crippen molar-refractivity contribution in [3.8, 4) is 11.8 Å². The molecule has 0 saturated carbocycles. The first-order chi connectivity index (χ1) is 18.5. The van der Waals surface area contributed by atoms with E-state index in [0.29, 0.717) is 40.3 Å². The van der Waals surface area contributed by atoms with Crippen LogP contribution in [0.15, 0.2) is 89.6 Å². The lowest BCUT2D eigenvalue weighted by atomic mass is 10.1. The van der Waals surface area contributed by atoms with Crippen LogP contribution in [0.5, 0.6) is 0 Å². The lowest BCUT2D eigenvalue weighted by molar-refractivity contribution is 0.0642. The zero-order valence-corrected chi connectivity index (χ0v) is 20.8. The molecule has 2 amide bonds. The van der Waals surface area contributed by atoms with E-state index < -0.39 is 6.29 Å². The van der Waals surface area contributed by atoms with E-state index in [1.165, 1.54) is 17.0 Å². The second-order valence-corrected chi connectivity index (χ2v) is 8.84. The van der Waals surface area contributed by atoms with E-state index in [1.54, 1.807) is 42.6 Å². The van der Waals surface area contributed by atoms with Crippen LogP contribution in [-0.2, 0) is 6.54 Å². The van der Waals surface area contributed by atoms with Crippen molar-refractivity contribution in [2.45, 2.75) is 26.2 Å². The summed E-state index contributed by atoms with van der Waals surface area (Å²) < 4.78 is 13.6. The number of fused-ring (bicyclic) bond motifs is 1. The molecule has 0 saturated heterocycles. The number of nitrogens with zero attached hydrogens (tertiary/aromatic N) is 2. The van der Waals surface area contributed by atoms with Gasteiger partial charge < -0.3 is 16.0 Å². The second-order valence-electron chi connectivity index (χ2n) is 8.84. The van der Waals surface area contributed by atoms with Crippen LogP contribution < -0.4 is 16.0 Å². The van der Waals surface area contributed by atoms with Crippen molar-refractivity contribution >= 4 is 23.3 Å². The maximum absolute atomic E-state index is 13.6. The summed E-state index contributed by atoms with van der Waals surface area (Å²) in [5.74, 6) is 6.04. The largest absolute Gasteiger partial charge is 0.369 e. The minimum Gasteiger partial charge on any atom is -0.369 e. The van der Waals surface area contributed by atoms with Gasteiger partial charge in [-0.15, -0.1) is 0 Å². The average Bonchev–Trinajstić information content (AvgIpc) is 3.17. The van der Waals surface area contributed by atoms with Crippen LogP contribution in [-0.4, -0.2) is 35.4 Å². The summed E-state index contributed by atoms with van der Waals surface area (Å²) in [5.41, 5.74) is 3.58. The highest BCUT2D eigenvalue weighted by molar-refractivity contribution is 6.21. The molecule has 3 aromatic rings. The number of carbonyl (C=O) groups excluding carboxylic acids is 2. The van der Waals surface area contributed by atoms with Gasteiger partial charge in [-0.2, -0.15) is 0 Å². The van der Waals surface area contributed by atoms with Crippen molar-refractivity contribution in [1.29, 1.82) is 0 Å². The number of amides is 2. The predicted molar refractivity (Wildman–Crippen MR) is 145 cm³/mol. The van der Waals surface area contributed by atoms with Crippen LogP contribution in [0.25, 0.3) is 0 Å². The second kappa shape index (κ2) is 11.0. The molecule has 8 heteroatoms. The molecule has 0 spiro atoms. The fourth-order valence-electron chi connectivity index (χ4n) is 4.22. The van der Waals surface area contributed by atoms with E-state index in [0.717, 1.165) is 12.0 Å². The number of hydrogen-bond donors (Lipinski definition) is 3. The Balaban J connectivity index is 1.36. The molecule has 3 N–H and O–H groups in total. The Hall–Kier alpha value is -4.90. The summed E-state index contributed by atoms with van der Waals surface area (Å²) >= 11 is 0. The van der Waals surface area contributed by atoms with Crippen molar-refractivity contribution < 1.29 is 14.0 Å². The first kappa shape index (κ1) is 24.8. The van der Waals surface area contributed by atoms with Crippen molar-refractivity contribution in [1.82, 2.24) is 15.5 Å². The van der Waals surface area contributed by atoms with Crippen molar-refractivity contribution in [2.75, 3.05) is 11.9 Å². The van der Waals surface area contributed by atoms with E-state index in [2.05, 4.69) is 39.7 Å². The number of imide groups is 1. The van der Waals surface area contributed by atoms with Crippen LogP contribution in [0.4, 0.5) is 10.1 Å². The monoisotopic (exact) mass is 507 g/mol. The summed E-state index contributed by atoms with van der Waals surface area (Å²) in [7, 11) is 0. The van der Waals surface area contributed by atoms with Crippen molar-refractivity contribution in [2.24, 2.45) is 4.99 Å². The molecule has 1 atom stereocenters. The Bertz CT molecular complexity index is 1480. The van der Waals surface area contributed by atoms with Crippen LogP contribution in [0.2, 0.25) is 0 Å². The zero-order chi connectivity index (χ0) is 26.5. The Morgan fingerprint density at radius 1 is 0.974 bits per heavy atom. The number of halogens is 1. The number of benzene rings is 3. The molecule has 2 aliphatic rings. The number of hydrogen-bond acceptors (Lipinski definition) is 6. The van der Waals surface area contributed by atoms with Gasteiger partial charge >= 0.3 is 0 Å². The Labute approximate surface area is 220 Å². The molecule has 7 nitrogen and oxygen atoms in total. The first-order valence-electron chi connectivity index (χ1n) is 12.4. The topological polar surface area (TPSA) is 85.8 Å². The smallest absolute Gasteiger partial charge is 0.261 e. The minimum absolute atomic E-state index is 0.128. The molecule has 0 bridgehead atoms. The van der Waals surface area contributed by atoms with E-state index in [-0.39, 0.29) is 24.2 Å². The van der Waals surface area contributed by atoms with Gasteiger partial charge in [0.15, 0.2) is 6.29 Å². The van der Waals surface area contributed by atoms with Gasteiger partial charge in [-0.25, -0.2) is 9.38 Å². The predicted octanol–water partition coefficient (Wildman–Crippen LogP) is 4.25. The Morgan fingerprint density at radius 2 is 1.71 bits per heavy atom. The third-order valence-corrected chi connectivity index (χ3v) is 6.13. The van der Waals surface area contributed by atoms with Gasteiger partial charge in [0.2, 0.25) is 0 Å². The normalized spacial score (nSPS) is 16.1. The highest BCUT2D eigenvalue weighted by Gasteiger charge is 2.35. The van der Waals surface area contributed by atoms with Crippen LogP contribution in [0.3, 0.4) is 0 Å². The van der Waals surface area contributed by atoms with E-state index in [9.17, 15) is 14.0 Å². The molecular formula is C30H26FN5O2. The number of nitrogens with one attached hydrogen (secondary N) is 3. The molecule has 0 fully saturated rings. The molecule has 190 valence electrons. The Morgan fingerprint density at radius 3 is 2.45 bits per heavy atom. The van der Waals surface area contributed by atoms with Gasteiger partial charge in [0, 0.05) is 24.0 Å². The summed E-state index contributed by atoms with van der Waals surface area (Å²) in [6, 6.07) is 20.5. The number of anilines is 1. The average molecular weight is 508 g/mol. The van der Waals surface area contributed by atoms with Crippen LogP contribution in [0.1, 0.15) is 45.2 Å². The molecule has 2 heterocycles. The number of aliphatic imine (C=N–C) groups is 1. The fourth-order valence-corrected chi connectivity index (χ4v) is 4.22. The van der Waals surface area contributed by atoms with E-state index in [1.807, 2.05) is 24.3 Å². The van der Waals surface area contributed by atoms with Gasteiger partial charge in [0.1, 0.15) is 11.7 Å². The van der Waals surface area contributed by atoms with Gasteiger partial charge in [-0.1, -0.05) is 55.2 Å². The van der Waals surface area contributed by atoms with Crippen LogP contribution >= 0.6 is 0 Å². The molecule has 2 aliphatic heterocycles. The van der Waals surface area contributed by atoms with Gasteiger partial charge in [-0.05, 0) is 48.4 Å². The molecule has 3 aromatic carbocycles. The maximum Gasteiger partial charge on any atom is 0.261 e. The maximum atomic E-state index is 13.6. The lowest BCUT2D eigenvalue weighted by Crippen LogP contribution is -2.40. The standard InChI is InChI=1S/C30H26FN5O2/c1-2-16-32-27-21(18-33-30(35-27)34-24-11-7-10-23(31)17-24)15-14-20-8-3-4-9-22(20)19-36-28(37)25-12-5-6-13-26(25)29(36)38/h3-13,17-18,30,33-34H,2,16,19H2,1H3,(H,32,35). The SMILES string of the molecule is CCCNC1=NC(Nc2cccc(F)c2)NC=C1C#Cc1ccccc1CN1C(=O)c2ccccc2C1=O. The molecule has 1 unspecified atom stereocenters. The summed E-state index contributed by atoms with van der Waals surface area (Å²) in [6.45, 7) is 2.89.